The Labute approximate surface area is 140 Å². The van der Waals surface area contributed by atoms with Gasteiger partial charge in [0.25, 0.3) is 5.89 Å². The zero-order chi connectivity index (χ0) is 15.0. The molecule has 0 aliphatic rings. The fraction of sp³-hybridized carbons (Fsp3) is 0. The Bertz CT molecular complexity index is 816. The van der Waals surface area contributed by atoms with Crippen LogP contribution in [0.1, 0.15) is 0 Å². The standard InChI is InChI=1S/C14H6Cl4N2O/c15-7-4-5-8(11(17)6-7)13-19-14(21-20-13)9-2-1-3-10(16)12(9)18/h1-6H. The van der Waals surface area contributed by atoms with Gasteiger partial charge in [-0.15, -0.1) is 0 Å². The summed E-state index contributed by atoms with van der Waals surface area (Å²) in [5, 5.41) is 5.65. The Balaban J connectivity index is 2.06. The summed E-state index contributed by atoms with van der Waals surface area (Å²) >= 11 is 24.1. The van der Waals surface area contributed by atoms with Crippen molar-refractivity contribution in [3.8, 4) is 22.8 Å². The number of hydrogen-bond donors (Lipinski definition) is 0. The third-order valence-corrected chi connectivity index (χ3v) is 4.15. The van der Waals surface area contributed by atoms with E-state index in [1.165, 1.54) is 0 Å². The van der Waals surface area contributed by atoms with Crippen LogP contribution in [0.2, 0.25) is 20.1 Å². The summed E-state index contributed by atoms with van der Waals surface area (Å²) in [5.74, 6) is 0.617. The van der Waals surface area contributed by atoms with E-state index in [0.717, 1.165) is 0 Å². The van der Waals surface area contributed by atoms with Gasteiger partial charge >= 0.3 is 0 Å². The van der Waals surface area contributed by atoms with Gasteiger partial charge in [-0.1, -0.05) is 57.6 Å². The smallest absolute Gasteiger partial charge is 0.259 e. The summed E-state index contributed by atoms with van der Waals surface area (Å²) in [5.41, 5.74) is 1.18. The van der Waals surface area contributed by atoms with Crippen molar-refractivity contribution < 1.29 is 4.52 Å². The molecule has 1 heterocycles. The summed E-state index contributed by atoms with van der Waals surface area (Å²) in [6.45, 7) is 0. The van der Waals surface area contributed by atoms with Crippen molar-refractivity contribution in [1.29, 1.82) is 0 Å². The first kappa shape index (κ1) is 14.7. The lowest BCUT2D eigenvalue weighted by Gasteiger charge is -2.00. The SMILES string of the molecule is Clc1ccc(-c2noc(-c3cccc(Cl)c3Cl)n2)c(Cl)c1. The normalized spacial score (nSPS) is 10.9. The summed E-state index contributed by atoms with van der Waals surface area (Å²) in [6.07, 6.45) is 0. The number of hydrogen-bond acceptors (Lipinski definition) is 3. The minimum atomic E-state index is 0.267. The van der Waals surface area contributed by atoms with Crippen LogP contribution in [0.5, 0.6) is 0 Å². The lowest BCUT2D eigenvalue weighted by Crippen LogP contribution is -1.84. The number of halogens is 4. The molecule has 21 heavy (non-hydrogen) atoms. The predicted molar refractivity (Wildman–Crippen MR) is 85.2 cm³/mol. The first-order chi connectivity index (χ1) is 10.1. The van der Waals surface area contributed by atoms with E-state index in [4.69, 9.17) is 50.9 Å². The van der Waals surface area contributed by atoms with Gasteiger partial charge in [0, 0.05) is 10.6 Å². The first-order valence-corrected chi connectivity index (χ1v) is 7.31. The Morgan fingerprint density at radius 2 is 1.67 bits per heavy atom. The molecular weight excluding hydrogens is 354 g/mol. The number of nitrogens with zero attached hydrogens (tertiary/aromatic N) is 2. The molecule has 0 aliphatic heterocycles. The first-order valence-electron chi connectivity index (χ1n) is 5.80. The molecule has 0 bridgehead atoms. The third-order valence-electron chi connectivity index (χ3n) is 2.78. The van der Waals surface area contributed by atoms with Crippen molar-refractivity contribution in [3.05, 3.63) is 56.5 Å². The van der Waals surface area contributed by atoms with Gasteiger partial charge in [-0.25, -0.2) is 0 Å². The second-order valence-electron chi connectivity index (χ2n) is 4.15. The molecule has 0 spiro atoms. The molecule has 3 rings (SSSR count). The largest absolute Gasteiger partial charge is 0.334 e. The molecule has 0 saturated heterocycles. The molecule has 0 radical (unpaired) electrons. The van der Waals surface area contributed by atoms with Gasteiger partial charge in [-0.3, -0.25) is 0 Å². The van der Waals surface area contributed by atoms with E-state index in [1.807, 2.05) is 0 Å². The van der Waals surface area contributed by atoms with Crippen LogP contribution in [0, 0.1) is 0 Å². The van der Waals surface area contributed by atoms with Gasteiger partial charge in [0.15, 0.2) is 0 Å². The molecule has 3 aromatic rings. The van der Waals surface area contributed by atoms with Crippen LogP contribution in [0.3, 0.4) is 0 Å². The van der Waals surface area contributed by atoms with E-state index in [9.17, 15) is 0 Å². The molecule has 0 atom stereocenters. The molecule has 3 nitrogen and oxygen atoms in total. The Morgan fingerprint density at radius 3 is 2.43 bits per heavy atom. The summed E-state index contributed by atoms with van der Waals surface area (Å²) < 4.78 is 5.23. The van der Waals surface area contributed by atoms with Crippen LogP contribution in [0.4, 0.5) is 0 Å². The van der Waals surface area contributed by atoms with E-state index in [-0.39, 0.29) is 5.89 Å². The molecule has 0 aliphatic carbocycles. The van der Waals surface area contributed by atoms with E-state index >= 15 is 0 Å². The maximum Gasteiger partial charge on any atom is 0.259 e. The van der Waals surface area contributed by atoms with Gasteiger partial charge in [0.05, 0.1) is 20.6 Å². The zero-order valence-corrected chi connectivity index (χ0v) is 13.3. The molecule has 106 valence electrons. The zero-order valence-electron chi connectivity index (χ0n) is 10.3. The minimum Gasteiger partial charge on any atom is -0.334 e. The van der Waals surface area contributed by atoms with Crippen molar-refractivity contribution in [1.82, 2.24) is 10.1 Å². The minimum absolute atomic E-state index is 0.267. The van der Waals surface area contributed by atoms with Crippen LogP contribution in [-0.2, 0) is 0 Å². The van der Waals surface area contributed by atoms with E-state index < -0.39 is 0 Å². The fourth-order valence-electron chi connectivity index (χ4n) is 1.78. The maximum atomic E-state index is 6.13. The molecule has 0 fully saturated rings. The van der Waals surface area contributed by atoms with Crippen molar-refractivity contribution in [2.45, 2.75) is 0 Å². The predicted octanol–water partition coefficient (Wildman–Crippen LogP) is 6.02. The highest BCUT2D eigenvalue weighted by Crippen LogP contribution is 2.34. The van der Waals surface area contributed by atoms with E-state index in [0.29, 0.717) is 37.0 Å². The van der Waals surface area contributed by atoms with Crippen LogP contribution < -0.4 is 0 Å². The molecule has 0 saturated carbocycles. The van der Waals surface area contributed by atoms with Crippen molar-refractivity contribution in [2.75, 3.05) is 0 Å². The van der Waals surface area contributed by atoms with Crippen LogP contribution in [-0.4, -0.2) is 10.1 Å². The molecular formula is C14H6Cl4N2O. The van der Waals surface area contributed by atoms with Crippen molar-refractivity contribution >= 4 is 46.4 Å². The van der Waals surface area contributed by atoms with Crippen LogP contribution >= 0.6 is 46.4 Å². The molecule has 2 aromatic carbocycles. The Kier molecular flexibility index (Phi) is 4.09. The van der Waals surface area contributed by atoms with Crippen molar-refractivity contribution in [2.24, 2.45) is 0 Å². The second kappa shape index (κ2) is 5.85. The highest BCUT2D eigenvalue weighted by Gasteiger charge is 2.16. The average molecular weight is 360 g/mol. The Morgan fingerprint density at radius 1 is 0.857 bits per heavy atom. The summed E-state index contributed by atoms with van der Waals surface area (Å²) in [4.78, 5) is 4.29. The number of aromatic nitrogens is 2. The van der Waals surface area contributed by atoms with Gasteiger partial charge in [-0.05, 0) is 30.3 Å². The molecule has 0 unspecified atom stereocenters. The number of benzene rings is 2. The maximum absolute atomic E-state index is 6.13. The molecule has 1 aromatic heterocycles. The van der Waals surface area contributed by atoms with Crippen molar-refractivity contribution in [3.63, 3.8) is 0 Å². The van der Waals surface area contributed by atoms with E-state index in [2.05, 4.69) is 10.1 Å². The summed E-state index contributed by atoms with van der Waals surface area (Å²) in [7, 11) is 0. The highest BCUT2D eigenvalue weighted by atomic mass is 35.5. The Hall–Kier alpha value is -1.26. The second-order valence-corrected chi connectivity index (χ2v) is 5.78. The van der Waals surface area contributed by atoms with Gasteiger partial charge in [0.2, 0.25) is 5.82 Å². The molecule has 0 amide bonds. The van der Waals surface area contributed by atoms with Crippen LogP contribution in [0.25, 0.3) is 22.8 Å². The topological polar surface area (TPSA) is 38.9 Å². The van der Waals surface area contributed by atoms with Gasteiger partial charge in [0.1, 0.15) is 0 Å². The molecule has 7 heteroatoms. The van der Waals surface area contributed by atoms with Crippen LogP contribution in [0.15, 0.2) is 40.9 Å². The average Bonchev–Trinajstić information content (AvgIpc) is 2.91. The monoisotopic (exact) mass is 358 g/mol. The highest BCUT2D eigenvalue weighted by molar-refractivity contribution is 6.43. The van der Waals surface area contributed by atoms with E-state index in [1.54, 1.807) is 36.4 Å². The fourth-order valence-corrected chi connectivity index (χ4v) is 2.66. The van der Waals surface area contributed by atoms with Gasteiger partial charge < -0.3 is 4.52 Å². The quantitative estimate of drug-likeness (QED) is 0.561. The van der Waals surface area contributed by atoms with Gasteiger partial charge in [-0.2, -0.15) is 4.98 Å². The summed E-state index contributed by atoms with van der Waals surface area (Å²) in [6, 6.07) is 10.2. The third kappa shape index (κ3) is 2.87. The molecule has 0 N–H and O–H groups in total. The lowest BCUT2D eigenvalue weighted by molar-refractivity contribution is 0.432. The number of rotatable bonds is 2. The lowest BCUT2D eigenvalue weighted by atomic mass is 10.2.